The van der Waals surface area contributed by atoms with Gasteiger partial charge in [-0.15, -0.1) is 0 Å². The second-order valence-corrected chi connectivity index (χ2v) is 2.03. The zero-order valence-corrected chi connectivity index (χ0v) is 9.36. The number of hydrogen-bond donors (Lipinski definition) is 4. The van der Waals surface area contributed by atoms with Gasteiger partial charge in [-0.25, -0.2) is 9.59 Å². The van der Waals surface area contributed by atoms with Gasteiger partial charge in [-0.1, -0.05) is 0 Å². The molecule has 7 heteroatoms. The van der Waals surface area contributed by atoms with Crippen LogP contribution >= 0.6 is 0 Å². The van der Waals surface area contributed by atoms with Crippen molar-refractivity contribution >= 4 is 29.0 Å². The molecule has 2 unspecified atom stereocenters. The minimum absolute atomic E-state index is 0. The maximum absolute atomic E-state index is 9.45. The van der Waals surface area contributed by atoms with E-state index in [4.69, 9.17) is 20.4 Å². The van der Waals surface area contributed by atoms with E-state index in [1.54, 1.807) is 0 Å². The Balaban J connectivity index is -0.000000143. The van der Waals surface area contributed by atoms with Crippen molar-refractivity contribution in [1.29, 1.82) is 0 Å². The molecule has 6 nitrogen and oxygen atoms in total. The molecule has 0 saturated heterocycles. The van der Waals surface area contributed by atoms with Crippen LogP contribution in [-0.4, -0.2) is 61.6 Å². The maximum atomic E-state index is 9.45. The fraction of sp³-hybridized carbons (Fsp3) is 0.667. The third kappa shape index (κ3) is 18.4. The molecule has 0 saturated carbocycles. The van der Waals surface area contributed by atoms with Gasteiger partial charge in [0.05, 0.1) is 0 Å². The zero-order chi connectivity index (χ0) is 10.3. The molecule has 0 aliphatic carbocycles. The Morgan fingerprint density at radius 1 is 0.923 bits per heavy atom. The monoisotopic (exact) mass is 262 g/mol. The van der Waals surface area contributed by atoms with Crippen molar-refractivity contribution in [2.75, 3.05) is 0 Å². The van der Waals surface area contributed by atoms with E-state index >= 15 is 0 Å². The molecule has 4 N–H and O–H groups in total. The predicted octanol–water partition coefficient (Wildman–Crippen LogP) is -2.01. The third-order valence-corrected chi connectivity index (χ3v) is 0.715. The first kappa shape index (κ1) is 18.2. The molecule has 80 valence electrons. The first-order valence-corrected chi connectivity index (χ1v) is 3.10. The van der Waals surface area contributed by atoms with Gasteiger partial charge in [0.25, 0.3) is 0 Å². The second kappa shape index (κ2) is 9.47. The van der Waals surface area contributed by atoms with Gasteiger partial charge in [-0.05, 0) is 13.8 Å². The number of carbonyl (C=O) groups is 2. The number of rotatable bonds is 2. The summed E-state index contributed by atoms with van der Waals surface area (Å²) in [5.74, 6) is -2.37. The van der Waals surface area contributed by atoms with E-state index in [0.29, 0.717) is 0 Å². The fourth-order valence-corrected chi connectivity index (χ4v) is 0. The summed E-state index contributed by atoms with van der Waals surface area (Å²) < 4.78 is 0. The van der Waals surface area contributed by atoms with Crippen molar-refractivity contribution in [3.05, 3.63) is 0 Å². The van der Waals surface area contributed by atoms with Gasteiger partial charge in [0.15, 0.2) is 0 Å². The molecule has 0 aromatic heterocycles. The molecule has 0 aliphatic heterocycles. The van der Waals surface area contributed by atoms with Crippen LogP contribution < -0.4 is 0 Å². The van der Waals surface area contributed by atoms with Crippen LogP contribution in [-0.2, 0) is 9.59 Å². The van der Waals surface area contributed by atoms with E-state index in [9.17, 15) is 9.59 Å². The van der Waals surface area contributed by atoms with E-state index in [-0.39, 0.29) is 17.1 Å². The molecule has 0 aliphatic rings. The Hall–Kier alpha value is -0.621. The van der Waals surface area contributed by atoms with E-state index < -0.39 is 24.1 Å². The molecule has 0 bridgehead atoms. The summed E-state index contributed by atoms with van der Waals surface area (Å²) in [7, 11) is 0. The summed E-state index contributed by atoms with van der Waals surface area (Å²) in [6.07, 6.45) is -2.46. The van der Waals surface area contributed by atoms with Gasteiger partial charge in [0.2, 0.25) is 0 Å². The first-order chi connectivity index (χ1) is 5.29. The SMILES string of the molecule is CC(O)C(=O)O.CC(O)C(=O)O.[SeH2]. The summed E-state index contributed by atoms with van der Waals surface area (Å²) >= 11 is 0. The average Bonchev–Trinajstić information content (AvgIpc) is 1.88. The number of aliphatic hydroxyl groups is 2. The summed E-state index contributed by atoms with van der Waals surface area (Å²) in [5, 5.41) is 31.5. The van der Waals surface area contributed by atoms with Crippen LogP contribution in [0.4, 0.5) is 0 Å². The van der Waals surface area contributed by atoms with Crippen LogP contribution in [0.5, 0.6) is 0 Å². The molecule has 13 heavy (non-hydrogen) atoms. The van der Waals surface area contributed by atoms with Crippen LogP contribution in [0, 0.1) is 0 Å². The Bertz CT molecular complexity index is 137. The topological polar surface area (TPSA) is 115 Å². The van der Waals surface area contributed by atoms with Crippen LogP contribution in [0.2, 0.25) is 0 Å². The predicted molar refractivity (Wildman–Crippen MR) is 47.2 cm³/mol. The molecule has 0 aromatic carbocycles. The molecular weight excluding hydrogens is 247 g/mol. The van der Waals surface area contributed by atoms with Crippen LogP contribution in [0.3, 0.4) is 0 Å². The quantitative estimate of drug-likeness (QED) is 0.427. The van der Waals surface area contributed by atoms with Gasteiger partial charge in [0.1, 0.15) is 12.2 Å². The molecular formula is C6H14O6Se. The van der Waals surface area contributed by atoms with Crippen LogP contribution in [0.15, 0.2) is 0 Å². The van der Waals surface area contributed by atoms with Gasteiger partial charge in [0, 0.05) is 0 Å². The molecule has 0 rings (SSSR count). The van der Waals surface area contributed by atoms with Crippen molar-refractivity contribution in [2.45, 2.75) is 26.1 Å². The van der Waals surface area contributed by atoms with E-state index in [1.807, 2.05) is 0 Å². The Morgan fingerprint density at radius 2 is 1.00 bits per heavy atom. The fourth-order valence-electron chi connectivity index (χ4n) is 0. The Labute approximate surface area is 85.7 Å². The number of carboxylic acids is 2. The Morgan fingerprint density at radius 3 is 1.00 bits per heavy atom. The number of aliphatic carboxylic acids is 2. The molecule has 0 heterocycles. The standard InChI is InChI=1S/2C3H6O3.H2Se/c2*1-2(4)3(5)6;/h2*2,4H,1H3,(H,5,6);1H2. The van der Waals surface area contributed by atoms with Gasteiger partial charge >= 0.3 is 29.0 Å². The number of hydrogen-bond acceptors (Lipinski definition) is 4. The van der Waals surface area contributed by atoms with E-state index in [1.165, 1.54) is 13.8 Å². The van der Waals surface area contributed by atoms with E-state index in [0.717, 1.165) is 0 Å². The number of carboxylic acid groups (broad SMARTS) is 2. The zero-order valence-electron chi connectivity index (χ0n) is 7.26. The van der Waals surface area contributed by atoms with Crippen molar-refractivity contribution < 1.29 is 30.0 Å². The Kier molecular flexibility index (Phi) is 13.3. The molecule has 0 amide bonds. The molecule has 2 atom stereocenters. The van der Waals surface area contributed by atoms with Crippen molar-refractivity contribution in [2.24, 2.45) is 0 Å². The summed E-state index contributed by atoms with van der Waals surface area (Å²) in [5.41, 5.74) is 0. The van der Waals surface area contributed by atoms with E-state index in [2.05, 4.69) is 0 Å². The van der Waals surface area contributed by atoms with Crippen molar-refractivity contribution in [1.82, 2.24) is 0 Å². The molecule has 0 aromatic rings. The van der Waals surface area contributed by atoms with Crippen molar-refractivity contribution in [3.63, 3.8) is 0 Å². The first-order valence-electron chi connectivity index (χ1n) is 3.10. The number of aliphatic hydroxyl groups excluding tert-OH is 2. The summed E-state index contributed by atoms with van der Waals surface area (Å²) in [6, 6.07) is 0. The molecule has 0 fully saturated rings. The second-order valence-electron chi connectivity index (χ2n) is 2.03. The summed E-state index contributed by atoms with van der Waals surface area (Å²) in [4.78, 5) is 18.9. The third-order valence-electron chi connectivity index (χ3n) is 0.715. The van der Waals surface area contributed by atoms with Crippen LogP contribution in [0.25, 0.3) is 0 Å². The van der Waals surface area contributed by atoms with Gasteiger partial charge < -0.3 is 20.4 Å². The summed E-state index contributed by atoms with van der Waals surface area (Å²) in [6.45, 7) is 2.39. The van der Waals surface area contributed by atoms with Crippen molar-refractivity contribution in [3.8, 4) is 0 Å². The van der Waals surface area contributed by atoms with Gasteiger partial charge in [-0.2, -0.15) is 0 Å². The van der Waals surface area contributed by atoms with Crippen LogP contribution in [0.1, 0.15) is 13.8 Å². The normalized spacial score (nSPS) is 12.6. The van der Waals surface area contributed by atoms with Gasteiger partial charge in [-0.3, -0.25) is 0 Å². The minimum atomic E-state index is -1.23. The average molecular weight is 261 g/mol. The molecule has 0 radical (unpaired) electrons. The molecule has 0 spiro atoms.